The van der Waals surface area contributed by atoms with E-state index in [4.69, 9.17) is 5.73 Å². The van der Waals surface area contributed by atoms with Crippen LogP contribution in [-0.4, -0.2) is 22.2 Å². The molecule has 2 heterocycles. The van der Waals surface area contributed by atoms with Crippen LogP contribution in [0.15, 0.2) is 15.8 Å². The summed E-state index contributed by atoms with van der Waals surface area (Å²) in [4.78, 5) is 17.7. The monoisotopic (exact) mass is 310 g/mol. The smallest absolute Gasteiger partial charge is 0.213 e. The third-order valence-electron chi connectivity index (χ3n) is 3.09. The van der Waals surface area contributed by atoms with Gasteiger partial charge in [-0.05, 0) is 19.1 Å². The van der Waals surface area contributed by atoms with Gasteiger partial charge in [0.1, 0.15) is 5.00 Å². The van der Waals surface area contributed by atoms with E-state index in [-0.39, 0.29) is 11.7 Å². The second kappa shape index (κ2) is 5.45. The maximum absolute atomic E-state index is 12.2. The van der Waals surface area contributed by atoms with E-state index in [1.54, 1.807) is 0 Å². The number of rotatable bonds is 6. The SMILES string of the molecule is CSc1c(NCc2ncon2)sc(C(=O)C2CC2)c1N. The zero-order valence-corrected chi connectivity index (χ0v) is 12.5. The highest BCUT2D eigenvalue weighted by atomic mass is 32.2. The number of anilines is 2. The molecule has 20 heavy (non-hydrogen) atoms. The lowest BCUT2D eigenvalue weighted by Crippen LogP contribution is -2.02. The van der Waals surface area contributed by atoms with E-state index in [0.29, 0.717) is 22.9 Å². The number of carbonyl (C=O) groups is 1. The number of nitrogens with two attached hydrogens (primary N) is 1. The first-order valence-electron chi connectivity index (χ1n) is 6.20. The van der Waals surface area contributed by atoms with Crippen molar-refractivity contribution in [2.45, 2.75) is 24.3 Å². The standard InChI is InChI=1S/C12H14N4O2S2/c1-19-11-8(13)10(9(17)6-2-3-6)20-12(11)14-4-7-15-5-18-16-7/h5-6,14H,2-4,13H2,1H3. The van der Waals surface area contributed by atoms with Gasteiger partial charge in [0.05, 0.1) is 22.0 Å². The van der Waals surface area contributed by atoms with Crippen LogP contribution >= 0.6 is 23.1 Å². The molecule has 8 heteroatoms. The zero-order chi connectivity index (χ0) is 14.1. The Morgan fingerprint density at radius 3 is 3.05 bits per heavy atom. The molecular formula is C12H14N4O2S2. The summed E-state index contributed by atoms with van der Waals surface area (Å²) < 4.78 is 4.68. The Morgan fingerprint density at radius 2 is 2.45 bits per heavy atom. The minimum Gasteiger partial charge on any atom is -0.396 e. The first kappa shape index (κ1) is 13.4. The molecular weight excluding hydrogens is 296 g/mol. The molecule has 0 spiro atoms. The molecule has 0 aromatic carbocycles. The number of nitrogen functional groups attached to an aromatic ring is 1. The molecule has 0 saturated heterocycles. The molecule has 0 bridgehead atoms. The maximum atomic E-state index is 12.2. The Labute approximate surface area is 124 Å². The zero-order valence-electron chi connectivity index (χ0n) is 10.9. The fourth-order valence-electron chi connectivity index (χ4n) is 1.89. The number of ketones is 1. The van der Waals surface area contributed by atoms with Gasteiger partial charge in [0.2, 0.25) is 6.39 Å². The van der Waals surface area contributed by atoms with Gasteiger partial charge in [-0.25, -0.2) is 0 Å². The van der Waals surface area contributed by atoms with Gasteiger partial charge < -0.3 is 15.6 Å². The lowest BCUT2D eigenvalue weighted by Gasteiger charge is -2.03. The van der Waals surface area contributed by atoms with Crippen molar-refractivity contribution in [2.75, 3.05) is 17.3 Å². The minimum absolute atomic E-state index is 0.176. The summed E-state index contributed by atoms with van der Waals surface area (Å²) in [5.41, 5.74) is 6.70. The van der Waals surface area contributed by atoms with Crippen molar-refractivity contribution < 1.29 is 9.32 Å². The van der Waals surface area contributed by atoms with Crippen LogP contribution in [0.1, 0.15) is 28.3 Å². The summed E-state index contributed by atoms with van der Waals surface area (Å²) in [6.45, 7) is 0.446. The average Bonchev–Trinajstić information content (AvgIpc) is 3.07. The lowest BCUT2D eigenvalue weighted by atomic mass is 10.2. The van der Waals surface area contributed by atoms with Crippen LogP contribution in [0.3, 0.4) is 0 Å². The molecule has 1 fully saturated rings. The van der Waals surface area contributed by atoms with Crippen molar-refractivity contribution >= 4 is 39.6 Å². The molecule has 106 valence electrons. The lowest BCUT2D eigenvalue weighted by molar-refractivity contribution is 0.0972. The fraction of sp³-hybridized carbons (Fsp3) is 0.417. The van der Waals surface area contributed by atoms with Crippen molar-refractivity contribution in [3.05, 3.63) is 17.1 Å². The van der Waals surface area contributed by atoms with Crippen molar-refractivity contribution in [3.63, 3.8) is 0 Å². The molecule has 0 radical (unpaired) electrons. The Hall–Kier alpha value is -1.54. The largest absolute Gasteiger partial charge is 0.396 e. The predicted octanol–water partition coefficient (Wildman–Crippen LogP) is 2.64. The Bertz CT molecular complexity index is 620. The van der Waals surface area contributed by atoms with Crippen LogP contribution < -0.4 is 11.1 Å². The number of nitrogens with one attached hydrogen (secondary N) is 1. The van der Waals surface area contributed by atoms with Crippen molar-refractivity contribution in [1.82, 2.24) is 10.1 Å². The van der Waals surface area contributed by atoms with Crippen molar-refractivity contribution in [1.29, 1.82) is 0 Å². The number of aromatic nitrogens is 2. The van der Waals surface area contributed by atoms with Gasteiger partial charge in [-0.15, -0.1) is 23.1 Å². The highest BCUT2D eigenvalue weighted by molar-refractivity contribution is 7.99. The van der Waals surface area contributed by atoms with Gasteiger partial charge in [0.25, 0.3) is 0 Å². The van der Waals surface area contributed by atoms with Crippen LogP contribution in [0, 0.1) is 5.92 Å². The number of carbonyl (C=O) groups excluding carboxylic acids is 1. The second-order valence-electron chi connectivity index (χ2n) is 4.55. The molecule has 0 unspecified atom stereocenters. The average molecular weight is 310 g/mol. The molecule has 0 aliphatic heterocycles. The van der Waals surface area contributed by atoms with Crippen molar-refractivity contribution in [3.8, 4) is 0 Å². The van der Waals surface area contributed by atoms with E-state index in [1.165, 1.54) is 29.5 Å². The number of hydrogen-bond donors (Lipinski definition) is 2. The molecule has 2 aromatic rings. The van der Waals surface area contributed by atoms with E-state index >= 15 is 0 Å². The maximum Gasteiger partial charge on any atom is 0.213 e. The summed E-state index contributed by atoms with van der Waals surface area (Å²) in [7, 11) is 0. The third-order valence-corrected chi connectivity index (χ3v) is 5.23. The highest BCUT2D eigenvalue weighted by Gasteiger charge is 2.34. The molecule has 1 aliphatic rings. The summed E-state index contributed by atoms with van der Waals surface area (Å²) in [6, 6.07) is 0. The molecule has 1 aliphatic carbocycles. The Kier molecular flexibility index (Phi) is 3.66. The molecule has 3 N–H and O–H groups in total. The first-order valence-corrected chi connectivity index (χ1v) is 8.24. The van der Waals surface area contributed by atoms with Gasteiger partial charge >= 0.3 is 0 Å². The minimum atomic E-state index is 0.176. The second-order valence-corrected chi connectivity index (χ2v) is 6.38. The Morgan fingerprint density at radius 1 is 1.65 bits per heavy atom. The van der Waals surface area contributed by atoms with E-state index in [2.05, 4.69) is 20.0 Å². The van der Waals surface area contributed by atoms with E-state index in [1.807, 2.05) is 6.26 Å². The van der Waals surface area contributed by atoms with Gasteiger partial charge in [-0.2, -0.15) is 4.98 Å². The van der Waals surface area contributed by atoms with Crippen molar-refractivity contribution in [2.24, 2.45) is 5.92 Å². The van der Waals surface area contributed by atoms with Crippen LogP contribution in [0.25, 0.3) is 0 Å². The predicted molar refractivity (Wildman–Crippen MR) is 79.2 cm³/mol. The first-order chi connectivity index (χ1) is 9.70. The Balaban J connectivity index is 1.82. The van der Waals surface area contributed by atoms with Gasteiger partial charge in [0, 0.05) is 5.92 Å². The van der Waals surface area contributed by atoms with Gasteiger partial charge in [-0.3, -0.25) is 4.79 Å². The summed E-state index contributed by atoms with van der Waals surface area (Å²) in [5, 5.41) is 7.86. The van der Waals surface area contributed by atoms with Crippen LogP contribution in [-0.2, 0) is 6.54 Å². The molecule has 1 saturated carbocycles. The quantitative estimate of drug-likeness (QED) is 0.625. The summed E-state index contributed by atoms with van der Waals surface area (Å²) >= 11 is 2.95. The van der Waals surface area contributed by atoms with Gasteiger partial charge in [-0.1, -0.05) is 5.16 Å². The van der Waals surface area contributed by atoms with E-state index in [0.717, 1.165) is 22.7 Å². The number of Topliss-reactive ketones (excluding diaryl/α,β-unsaturated/α-hetero) is 1. The van der Waals surface area contributed by atoms with E-state index in [9.17, 15) is 4.79 Å². The number of thioether (sulfide) groups is 1. The topological polar surface area (TPSA) is 94.0 Å². The van der Waals surface area contributed by atoms with Gasteiger partial charge in [0.15, 0.2) is 11.6 Å². The molecule has 6 nitrogen and oxygen atoms in total. The highest BCUT2D eigenvalue weighted by Crippen LogP contribution is 2.45. The molecule has 0 atom stereocenters. The van der Waals surface area contributed by atoms with Crippen LogP contribution in [0.4, 0.5) is 10.7 Å². The fourth-order valence-corrected chi connectivity index (χ4v) is 3.94. The normalized spacial score (nSPS) is 14.4. The molecule has 2 aromatic heterocycles. The molecule has 3 rings (SSSR count). The third kappa shape index (κ3) is 2.53. The van der Waals surface area contributed by atoms with Crippen LogP contribution in [0.5, 0.6) is 0 Å². The number of nitrogens with zero attached hydrogens (tertiary/aromatic N) is 2. The number of hydrogen-bond acceptors (Lipinski definition) is 8. The van der Waals surface area contributed by atoms with Crippen LogP contribution in [0.2, 0.25) is 0 Å². The summed E-state index contributed by atoms with van der Waals surface area (Å²) in [6.07, 6.45) is 5.20. The van der Waals surface area contributed by atoms with E-state index < -0.39 is 0 Å². The summed E-state index contributed by atoms with van der Waals surface area (Å²) in [5.74, 6) is 0.921. The molecule has 0 amide bonds. The number of thiophene rings is 1.